The van der Waals surface area contributed by atoms with Crippen LogP contribution in [0.1, 0.15) is 86.0 Å². The number of rotatable bonds is 7. The average molecular weight is 395 g/mol. The van der Waals surface area contributed by atoms with Crippen LogP contribution in [0.5, 0.6) is 0 Å². The summed E-state index contributed by atoms with van der Waals surface area (Å²) in [4.78, 5) is 12.2. The van der Waals surface area contributed by atoms with Gasteiger partial charge in [-0.25, -0.2) is 0 Å². The molecule has 6 unspecified atom stereocenters. The van der Waals surface area contributed by atoms with Crippen molar-refractivity contribution in [1.29, 1.82) is 0 Å². The van der Waals surface area contributed by atoms with Crippen LogP contribution in [0, 0.1) is 17.8 Å². The summed E-state index contributed by atoms with van der Waals surface area (Å²) in [7, 11) is 0. The molecule has 1 rings (SSSR count). The largest absolute Gasteiger partial charge is 0.462 e. The zero-order chi connectivity index (χ0) is 21.1. The second kappa shape index (κ2) is 13.2. The van der Waals surface area contributed by atoms with E-state index in [2.05, 4.69) is 39.0 Å². The van der Waals surface area contributed by atoms with Crippen molar-refractivity contribution in [3.63, 3.8) is 0 Å². The van der Waals surface area contributed by atoms with Gasteiger partial charge in [-0.1, -0.05) is 57.4 Å². The van der Waals surface area contributed by atoms with E-state index in [1.54, 1.807) is 6.92 Å². The molecule has 0 aromatic carbocycles. The number of cyclic esters (lactones) is 1. The Morgan fingerprint density at radius 2 is 1.89 bits per heavy atom. The maximum absolute atomic E-state index is 12.2. The Kier molecular flexibility index (Phi) is 11.7. The van der Waals surface area contributed by atoms with Gasteiger partial charge >= 0.3 is 5.97 Å². The number of carbonyl (C=O) groups excluding carboxylic acids is 1. The maximum Gasteiger partial charge on any atom is 0.306 e. The fourth-order valence-electron chi connectivity index (χ4n) is 3.89. The van der Waals surface area contributed by atoms with Gasteiger partial charge in [-0.3, -0.25) is 4.79 Å². The quantitative estimate of drug-likeness (QED) is 0.461. The highest BCUT2D eigenvalue weighted by molar-refractivity contribution is 5.69. The van der Waals surface area contributed by atoms with E-state index in [4.69, 9.17) is 4.74 Å². The van der Waals surface area contributed by atoms with Gasteiger partial charge in [-0.2, -0.15) is 0 Å². The number of aliphatic hydroxyl groups excluding tert-OH is 2. The molecule has 2 N–H and O–H groups in total. The molecule has 0 saturated heterocycles. The van der Waals surface area contributed by atoms with E-state index >= 15 is 0 Å². The van der Waals surface area contributed by atoms with Crippen LogP contribution < -0.4 is 0 Å². The van der Waals surface area contributed by atoms with Gasteiger partial charge in [-0.05, 0) is 51.4 Å². The van der Waals surface area contributed by atoms with Crippen molar-refractivity contribution in [3.05, 3.63) is 23.8 Å². The molecule has 0 saturated carbocycles. The molecule has 0 bridgehead atoms. The molecule has 0 amide bonds. The Morgan fingerprint density at radius 3 is 2.57 bits per heavy atom. The first-order chi connectivity index (χ1) is 13.2. The first kappa shape index (κ1) is 24.9. The molecule has 4 nitrogen and oxygen atoms in total. The Balaban J connectivity index is 2.70. The summed E-state index contributed by atoms with van der Waals surface area (Å²) in [5.41, 5.74) is 1.18. The molecule has 1 heterocycles. The van der Waals surface area contributed by atoms with Gasteiger partial charge in [0.25, 0.3) is 0 Å². The molecule has 1 aliphatic rings. The minimum absolute atomic E-state index is 0.0120. The summed E-state index contributed by atoms with van der Waals surface area (Å²) in [5.74, 6) is 0.788. The fourth-order valence-corrected chi connectivity index (χ4v) is 3.89. The number of aliphatic hydroxyl groups is 2. The Labute approximate surface area is 172 Å². The van der Waals surface area contributed by atoms with Crippen molar-refractivity contribution < 1.29 is 19.7 Å². The van der Waals surface area contributed by atoms with Crippen LogP contribution in [0.2, 0.25) is 0 Å². The van der Waals surface area contributed by atoms with Gasteiger partial charge in [0.1, 0.15) is 6.10 Å². The minimum atomic E-state index is -0.547. The normalized spacial score (nSPS) is 28.2. The van der Waals surface area contributed by atoms with Crippen LogP contribution in [-0.2, 0) is 9.53 Å². The third-order valence-electron chi connectivity index (χ3n) is 5.70. The zero-order valence-corrected chi connectivity index (χ0v) is 18.6. The molecule has 162 valence electrons. The molecular weight excluding hydrogens is 352 g/mol. The van der Waals surface area contributed by atoms with Gasteiger partial charge in [-0.15, -0.1) is 0 Å². The van der Waals surface area contributed by atoms with E-state index in [0.717, 1.165) is 32.1 Å². The van der Waals surface area contributed by atoms with Crippen LogP contribution in [0.4, 0.5) is 0 Å². The number of hydrogen-bond donors (Lipinski definition) is 2. The van der Waals surface area contributed by atoms with Crippen molar-refractivity contribution >= 4 is 5.97 Å². The number of hydrogen-bond acceptors (Lipinski definition) is 4. The molecule has 4 heteroatoms. The lowest BCUT2D eigenvalue weighted by molar-refractivity contribution is -0.151. The van der Waals surface area contributed by atoms with Crippen molar-refractivity contribution in [3.8, 4) is 0 Å². The van der Waals surface area contributed by atoms with Crippen LogP contribution in [0.3, 0.4) is 0 Å². The van der Waals surface area contributed by atoms with Crippen LogP contribution in [0.25, 0.3) is 0 Å². The molecular formula is C24H42O4. The van der Waals surface area contributed by atoms with E-state index in [-0.39, 0.29) is 23.9 Å². The SMILES string of the molecule is C/C(=C\C(C)C(O)CC(C)O)CC(C)C1C/C=C/CC(C)CCCCC(=O)O1. The smallest absolute Gasteiger partial charge is 0.306 e. The summed E-state index contributed by atoms with van der Waals surface area (Å²) in [6.07, 6.45) is 12.0. The second-order valence-electron chi connectivity index (χ2n) is 9.03. The van der Waals surface area contributed by atoms with Crippen molar-refractivity contribution in [2.24, 2.45) is 17.8 Å². The third-order valence-corrected chi connectivity index (χ3v) is 5.70. The summed E-state index contributed by atoms with van der Waals surface area (Å²) in [6.45, 7) is 10.1. The van der Waals surface area contributed by atoms with Gasteiger partial charge in [0.15, 0.2) is 0 Å². The van der Waals surface area contributed by atoms with E-state index in [9.17, 15) is 15.0 Å². The van der Waals surface area contributed by atoms with Crippen molar-refractivity contribution in [2.45, 2.75) is 104 Å². The molecule has 0 aliphatic carbocycles. The summed E-state index contributed by atoms with van der Waals surface area (Å²) in [5, 5.41) is 19.6. The second-order valence-corrected chi connectivity index (χ2v) is 9.03. The lowest BCUT2D eigenvalue weighted by Gasteiger charge is -2.25. The molecule has 28 heavy (non-hydrogen) atoms. The first-order valence-electron chi connectivity index (χ1n) is 11.1. The number of carbonyl (C=O) groups is 1. The third kappa shape index (κ3) is 10.4. The Bertz CT molecular complexity index is 509. The van der Waals surface area contributed by atoms with Gasteiger partial charge in [0, 0.05) is 18.8 Å². The van der Waals surface area contributed by atoms with E-state index < -0.39 is 12.2 Å². The summed E-state index contributed by atoms with van der Waals surface area (Å²) >= 11 is 0. The number of allylic oxidation sites excluding steroid dienone is 2. The fraction of sp³-hybridized carbons (Fsp3) is 0.792. The molecule has 0 spiro atoms. The lowest BCUT2D eigenvalue weighted by atomic mass is 9.90. The van der Waals surface area contributed by atoms with E-state index in [0.29, 0.717) is 18.8 Å². The van der Waals surface area contributed by atoms with Crippen LogP contribution >= 0.6 is 0 Å². The lowest BCUT2D eigenvalue weighted by Crippen LogP contribution is -2.26. The van der Waals surface area contributed by atoms with Gasteiger partial charge < -0.3 is 14.9 Å². The number of ether oxygens (including phenoxy) is 1. The molecule has 1 aliphatic heterocycles. The average Bonchev–Trinajstić information content (AvgIpc) is 2.59. The van der Waals surface area contributed by atoms with Gasteiger partial charge in [0.05, 0.1) is 12.2 Å². The maximum atomic E-state index is 12.2. The first-order valence-corrected chi connectivity index (χ1v) is 11.1. The van der Waals surface area contributed by atoms with Crippen molar-refractivity contribution in [1.82, 2.24) is 0 Å². The molecule has 0 aromatic rings. The molecule has 0 aromatic heterocycles. The molecule has 6 atom stereocenters. The standard InChI is InChI=1S/C24H42O4/c1-17-10-6-8-12-23(28-24(27)13-9-7-11-17)20(4)15-18(2)14-19(3)22(26)16-21(5)25/h6,8,14,17,19-23,25-26H,7,9-13,15-16H2,1-5H3/b8-6+,18-14+. The Morgan fingerprint density at radius 1 is 1.21 bits per heavy atom. The van der Waals surface area contributed by atoms with Crippen molar-refractivity contribution in [2.75, 3.05) is 0 Å². The zero-order valence-electron chi connectivity index (χ0n) is 18.6. The number of esters is 1. The van der Waals surface area contributed by atoms with Gasteiger partial charge in [0.2, 0.25) is 0 Å². The summed E-state index contributed by atoms with van der Waals surface area (Å²) in [6, 6.07) is 0. The highest BCUT2D eigenvalue weighted by atomic mass is 16.5. The van der Waals surface area contributed by atoms with E-state index in [1.807, 2.05) is 6.92 Å². The Hall–Kier alpha value is -1.13. The monoisotopic (exact) mass is 394 g/mol. The predicted molar refractivity (Wildman–Crippen MR) is 115 cm³/mol. The molecule has 0 fully saturated rings. The van der Waals surface area contributed by atoms with Crippen LogP contribution in [0.15, 0.2) is 23.8 Å². The highest BCUT2D eigenvalue weighted by Gasteiger charge is 2.22. The summed E-state index contributed by atoms with van der Waals surface area (Å²) < 4.78 is 5.82. The van der Waals surface area contributed by atoms with Crippen LogP contribution in [-0.4, -0.2) is 34.5 Å². The minimum Gasteiger partial charge on any atom is -0.462 e. The topological polar surface area (TPSA) is 66.8 Å². The van der Waals surface area contributed by atoms with E-state index in [1.165, 1.54) is 12.0 Å². The highest BCUT2D eigenvalue weighted by Crippen LogP contribution is 2.24. The predicted octanol–water partition coefficient (Wildman–Crippen LogP) is 5.19. The molecule has 0 radical (unpaired) electrons.